The van der Waals surface area contributed by atoms with E-state index in [1.807, 2.05) is 0 Å². The molecule has 1 rings (SSSR count). The van der Waals surface area contributed by atoms with Crippen molar-refractivity contribution in [2.24, 2.45) is 0 Å². The Morgan fingerprint density at radius 1 is 1.29 bits per heavy atom. The summed E-state index contributed by atoms with van der Waals surface area (Å²) in [6.45, 7) is 4.91. The molecule has 0 N–H and O–H groups in total. The molecule has 0 aliphatic carbocycles. The van der Waals surface area contributed by atoms with Gasteiger partial charge in [0.1, 0.15) is 0 Å². The molecular formula is C15H17F2NO3. The third kappa shape index (κ3) is 4.59. The van der Waals surface area contributed by atoms with Gasteiger partial charge in [-0.25, -0.2) is 0 Å². The first kappa shape index (κ1) is 16.7. The number of amides is 1. The van der Waals surface area contributed by atoms with E-state index in [1.165, 1.54) is 30.2 Å². The number of hydrogen-bond acceptors (Lipinski definition) is 3. The van der Waals surface area contributed by atoms with Crippen LogP contribution in [0.5, 0.6) is 11.5 Å². The van der Waals surface area contributed by atoms with Crippen molar-refractivity contribution in [2.75, 3.05) is 20.2 Å². The maximum atomic E-state index is 12.3. The monoisotopic (exact) mass is 297 g/mol. The summed E-state index contributed by atoms with van der Waals surface area (Å²) in [4.78, 5) is 13.8. The summed E-state index contributed by atoms with van der Waals surface area (Å²) < 4.78 is 33.8. The number of benzene rings is 1. The molecule has 0 aromatic heterocycles. The lowest BCUT2D eigenvalue weighted by molar-refractivity contribution is -0.0512. The maximum absolute atomic E-state index is 12.3. The van der Waals surface area contributed by atoms with Gasteiger partial charge in [0.2, 0.25) is 0 Å². The maximum Gasteiger partial charge on any atom is 0.387 e. The van der Waals surface area contributed by atoms with Gasteiger partial charge < -0.3 is 14.4 Å². The number of methoxy groups -OCH3 is 1. The Bertz CT molecular complexity index is 508. The third-order valence-electron chi connectivity index (χ3n) is 2.61. The average molecular weight is 297 g/mol. The SMILES string of the molecule is C=CCN(CC=C)C(=O)c1ccc(OC(F)F)c(OC)c1. The zero-order valence-electron chi connectivity index (χ0n) is 11.7. The van der Waals surface area contributed by atoms with Gasteiger partial charge in [-0.3, -0.25) is 4.79 Å². The van der Waals surface area contributed by atoms with E-state index in [2.05, 4.69) is 17.9 Å². The molecule has 114 valence electrons. The molecule has 0 saturated carbocycles. The van der Waals surface area contributed by atoms with E-state index in [0.717, 1.165) is 0 Å². The molecule has 0 unspecified atom stereocenters. The van der Waals surface area contributed by atoms with Crippen LogP contribution < -0.4 is 9.47 Å². The first-order chi connectivity index (χ1) is 10.0. The second kappa shape index (κ2) is 8.04. The number of alkyl halides is 2. The molecule has 0 fully saturated rings. The van der Waals surface area contributed by atoms with Crippen molar-refractivity contribution in [1.82, 2.24) is 4.90 Å². The van der Waals surface area contributed by atoms with Crippen LogP contribution in [0.1, 0.15) is 10.4 Å². The van der Waals surface area contributed by atoms with E-state index in [-0.39, 0.29) is 17.4 Å². The van der Waals surface area contributed by atoms with Gasteiger partial charge in [0, 0.05) is 18.7 Å². The van der Waals surface area contributed by atoms with E-state index in [9.17, 15) is 13.6 Å². The van der Waals surface area contributed by atoms with Crippen molar-refractivity contribution in [3.8, 4) is 11.5 Å². The number of carbonyl (C=O) groups is 1. The molecule has 1 aromatic rings. The fourth-order valence-corrected chi connectivity index (χ4v) is 1.73. The van der Waals surface area contributed by atoms with Crippen LogP contribution in [0.15, 0.2) is 43.5 Å². The summed E-state index contributed by atoms with van der Waals surface area (Å²) in [5.74, 6) is -0.335. The quantitative estimate of drug-likeness (QED) is 0.692. The Balaban J connectivity index is 3.04. The van der Waals surface area contributed by atoms with Crippen LogP contribution in [0, 0.1) is 0 Å². The third-order valence-corrected chi connectivity index (χ3v) is 2.61. The van der Waals surface area contributed by atoms with Gasteiger partial charge in [-0.15, -0.1) is 13.2 Å². The summed E-state index contributed by atoms with van der Waals surface area (Å²) in [7, 11) is 1.31. The van der Waals surface area contributed by atoms with E-state index in [0.29, 0.717) is 18.7 Å². The van der Waals surface area contributed by atoms with Gasteiger partial charge in [0.25, 0.3) is 5.91 Å². The highest BCUT2D eigenvalue weighted by molar-refractivity contribution is 5.95. The van der Waals surface area contributed by atoms with Gasteiger partial charge in [0.05, 0.1) is 7.11 Å². The molecule has 21 heavy (non-hydrogen) atoms. The van der Waals surface area contributed by atoms with Crippen LogP contribution in [0.4, 0.5) is 8.78 Å². The lowest BCUT2D eigenvalue weighted by Crippen LogP contribution is -2.31. The molecule has 0 saturated heterocycles. The minimum atomic E-state index is -2.96. The molecule has 1 aromatic carbocycles. The van der Waals surface area contributed by atoms with E-state index in [4.69, 9.17) is 4.74 Å². The largest absolute Gasteiger partial charge is 0.493 e. The van der Waals surface area contributed by atoms with Crippen LogP contribution in [0.3, 0.4) is 0 Å². The van der Waals surface area contributed by atoms with Gasteiger partial charge in [-0.05, 0) is 18.2 Å². The van der Waals surface area contributed by atoms with Gasteiger partial charge in [0.15, 0.2) is 11.5 Å². The van der Waals surface area contributed by atoms with E-state index in [1.54, 1.807) is 12.2 Å². The summed E-state index contributed by atoms with van der Waals surface area (Å²) in [6.07, 6.45) is 3.18. The van der Waals surface area contributed by atoms with Gasteiger partial charge >= 0.3 is 6.61 Å². The summed E-state index contributed by atoms with van der Waals surface area (Å²) in [5, 5.41) is 0. The molecule has 0 bridgehead atoms. The Morgan fingerprint density at radius 2 is 1.90 bits per heavy atom. The second-order valence-corrected chi connectivity index (χ2v) is 4.03. The van der Waals surface area contributed by atoms with Crippen molar-refractivity contribution < 1.29 is 23.0 Å². The Labute approximate surface area is 122 Å². The van der Waals surface area contributed by atoms with E-state index < -0.39 is 6.61 Å². The molecule has 1 amide bonds. The van der Waals surface area contributed by atoms with Crippen LogP contribution in [-0.4, -0.2) is 37.6 Å². The number of halogens is 2. The minimum absolute atomic E-state index is 0.0679. The highest BCUT2D eigenvalue weighted by Gasteiger charge is 2.17. The standard InChI is InChI=1S/C15H17F2NO3/c1-4-8-18(9-5-2)14(19)11-6-7-12(21-15(16)17)13(10-11)20-3/h4-7,10,15H,1-2,8-9H2,3H3. The molecule has 0 aliphatic rings. The highest BCUT2D eigenvalue weighted by atomic mass is 19.3. The lowest BCUT2D eigenvalue weighted by atomic mass is 10.1. The van der Waals surface area contributed by atoms with Crippen molar-refractivity contribution in [3.05, 3.63) is 49.1 Å². The minimum Gasteiger partial charge on any atom is -0.493 e. The van der Waals surface area contributed by atoms with E-state index >= 15 is 0 Å². The van der Waals surface area contributed by atoms with Crippen molar-refractivity contribution in [3.63, 3.8) is 0 Å². The molecule has 0 radical (unpaired) electrons. The van der Waals surface area contributed by atoms with Crippen LogP contribution in [0.2, 0.25) is 0 Å². The fourth-order valence-electron chi connectivity index (χ4n) is 1.73. The summed E-state index contributed by atoms with van der Waals surface area (Å²) in [6, 6.07) is 4.04. The summed E-state index contributed by atoms with van der Waals surface area (Å²) in [5.41, 5.74) is 0.303. The molecule has 0 spiro atoms. The number of rotatable bonds is 8. The van der Waals surface area contributed by atoms with Crippen LogP contribution in [-0.2, 0) is 0 Å². The molecule has 0 aliphatic heterocycles. The lowest BCUT2D eigenvalue weighted by Gasteiger charge is -2.20. The number of carbonyl (C=O) groups excluding carboxylic acids is 1. The first-order valence-corrected chi connectivity index (χ1v) is 6.17. The molecular weight excluding hydrogens is 280 g/mol. The molecule has 0 heterocycles. The molecule has 4 nitrogen and oxygen atoms in total. The topological polar surface area (TPSA) is 38.8 Å². The second-order valence-electron chi connectivity index (χ2n) is 4.03. The van der Waals surface area contributed by atoms with Crippen LogP contribution in [0.25, 0.3) is 0 Å². The van der Waals surface area contributed by atoms with Gasteiger partial charge in [-0.2, -0.15) is 8.78 Å². The Morgan fingerprint density at radius 3 is 2.38 bits per heavy atom. The summed E-state index contributed by atoms with van der Waals surface area (Å²) >= 11 is 0. The predicted octanol–water partition coefficient (Wildman–Crippen LogP) is 3.11. The van der Waals surface area contributed by atoms with Crippen molar-refractivity contribution in [1.29, 1.82) is 0 Å². The highest BCUT2D eigenvalue weighted by Crippen LogP contribution is 2.29. The fraction of sp³-hybridized carbons (Fsp3) is 0.267. The van der Waals surface area contributed by atoms with Crippen LogP contribution >= 0.6 is 0 Å². The Hall–Kier alpha value is -2.37. The van der Waals surface area contributed by atoms with Gasteiger partial charge in [-0.1, -0.05) is 12.2 Å². The average Bonchev–Trinajstić information content (AvgIpc) is 2.46. The molecule has 6 heteroatoms. The zero-order chi connectivity index (χ0) is 15.8. The van der Waals surface area contributed by atoms with Crippen molar-refractivity contribution in [2.45, 2.75) is 6.61 Å². The predicted molar refractivity (Wildman–Crippen MR) is 75.9 cm³/mol. The smallest absolute Gasteiger partial charge is 0.387 e. The number of hydrogen-bond donors (Lipinski definition) is 0. The number of ether oxygens (including phenoxy) is 2. The Kier molecular flexibility index (Phi) is 6.39. The zero-order valence-corrected chi connectivity index (χ0v) is 11.7. The normalized spacial score (nSPS) is 10.1. The molecule has 0 atom stereocenters. The number of nitrogens with zero attached hydrogens (tertiary/aromatic N) is 1. The van der Waals surface area contributed by atoms with Crippen molar-refractivity contribution >= 4 is 5.91 Å². The first-order valence-electron chi connectivity index (χ1n) is 6.17.